The first kappa shape index (κ1) is 13.3. The molecule has 2 fully saturated rings. The number of likely N-dealkylation sites (tertiary alicyclic amines) is 2. The van der Waals surface area contributed by atoms with Crippen molar-refractivity contribution in [1.82, 2.24) is 9.80 Å². The van der Waals surface area contributed by atoms with Gasteiger partial charge in [0.1, 0.15) is 0 Å². The van der Waals surface area contributed by atoms with Gasteiger partial charge in [0, 0.05) is 32.0 Å². The highest BCUT2D eigenvalue weighted by Gasteiger charge is 2.36. The smallest absolute Gasteiger partial charge is 0.242 e. The maximum Gasteiger partial charge on any atom is 0.242 e. The Hall–Kier alpha value is -1.10. The van der Waals surface area contributed by atoms with Crippen LogP contribution in [0.2, 0.25) is 0 Å². The number of aliphatic hydroxyl groups is 1. The van der Waals surface area contributed by atoms with E-state index in [0.717, 1.165) is 12.8 Å². The zero-order valence-electron chi connectivity index (χ0n) is 11.2. The van der Waals surface area contributed by atoms with Gasteiger partial charge in [0.05, 0.1) is 12.1 Å². The zero-order valence-corrected chi connectivity index (χ0v) is 11.2. The third-order valence-electron chi connectivity index (χ3n) is 4.04. The zero-order chi connectivity index (χ0) is 13.3. The Morgan fingerprint density at radius 1 is 1.44 bits per heavy atom. The number of hydrogen-bond donors (Lipinski definition) is 1. The average Bonchev–Trinajstić information content (AvgIpc) is 2.87. The summed E-state index contributed by atoms with van der Waals surface area (Å²) in [5.74, 6) is 0.231. The molecule has 0 aromatic heterocycles. The van der Waals surface area contributed by atoms with Crippen LogP contribution in [0.1, 0.15) is 33.1 Å². The van der Waals surface area contributed by atoms with Gasteiger partial charge in [0.2, 0.25) is 11.8 Å². The number of amides is 2. The largest absolute Gasteiger partial charge is 0.390 e. The van der Waals surface area contributed by atoms with E-state index < -0.39 is 5.60 Å². The second-order valence-electron chi connectivity index (χ2n) is 5.90. The highest BCUT2D eigenvalue weighted by molar-refractivity contribution is 5.86. The fraction of sp³-hybridized carbons (Fsp3) is 0.846. The molecule has 18 heavy (non-hydrogen) atoms. The lowest BCUT2D eigenvalue weighted by atomic mass is 9.90. The Labute approximate surface area is 108 Å². The van der Waals surface area contributed by atoms with Gasteiger partial charge in [-0.1, -0.05) is 0 Å². The minimum Gasteiger partial charge on any atom is -0.390 e. The van der Waals surface area contributed by atoms with E-state index in [4.69, 9.17) is 0 Å². The number of rotatable bonds is 3. The average molecular weight is 254 g/mol. The molecule has 2 aliphatic heterocycles. The first-order chi connectivity index (χ1) is 8.38. The van der Waals surface area contributed by atoms with Crippen LogP contribution in [-0.4, -0.2) is 58.5 Å². The van der Waals surface area contributed by atoms with Crippen molar-refractivity contribution in [2.45, 2.75) is 38.7 Å². The van der Waals surface area contributed by atoms with Gasteiger partial charge in [-0.2, -0.15) is 0 Å². The van der Waals surface area contributed by atoms with Gasteiger partial charge < -0.3 is 14.9 Å². The lowest BCUT2D eigenvalue weighted by Crippen LogP contribution is -2.41. The molecule has 2 rings (SSSR count). The van der Waals surface area contributed by atoms with Gasteiger partial charge in [-0.3, -0.25) is 9.59 Å². The lowest BCUT2D eigenvalue weighted by Gasteiger charge is -2.26. The van der Waals surface area contributed by atoms with Crippen LogP contribution >= 0.6 is 0 Å². The molecular weight excluding hydrogens is 232 g/mol. The molecule has 0 aliphatic carbocycles. The fourth-order valence-corrected chi connectivity index (χ4v) is 2.70. The van der Waals surface area contributed by atoms with Crippen molar-refractivity contribution in [2.75, 3.05) is 26.2 Å². The number of hydrogen-bond acceptors (Lipinski definition) is 3. The Morgan fingerprint density at radius 3 is 2.67 bits per heavy atom. The summed E-state index contributed by atoms with van der Waals surface area (Å²) in [6, 6.07) is 0. The highest BCUT2D eigenvalue weighted by atomic mass is 16.3. The summed E-state index contributed by atoms with van der Waals surface area (Å²) in [5, 5.41) is 9.94. The first-order valence-corrected chi connectivity index (χ1v) is 6.66. The lowest BCUT2D eigenvalue weighted by molar-refractivity contribution is -0.138. The van der Waals surface area contributed by atoms with Gasteiger partial charge in [0.15, 0.2) is 0 Å². The van der Waals surface area contributed by atoms with E-state index in [1.54, 1.807) is 23.6 Å². The maximum absolute atomic E-state index is 12.1. The van der Waals surface area contributed by atoms with Gasteiger partial charge in [-0.15, -0.1) is 0 Å². The molecule has 0 aromatic rings. The summed E-state index contributed by atoms with van der Waals surface area (Å²) in [6.45, 7) is 5.77. The quantitative estimate of drug-likeness (QED) is 0.784. The summed E-state index contributed by atoms with van der Waals surface area (Å²) >= 11 is 0. The van der Waals surface area contributed by atoms with Crippen molar-refractivity contribution in [2.24, 2.45) is 5.92 Å². The summed E-state index contributed by atoms with van der Waals surface area (Å²) in [4.78, 5) is 26.9. The van der Waals surface area contributed by atoms with Crippen LogP contribution in [0.15, 0.2) is 0 Å². The highest BCUT2D eigenvalue weighted by Crippen LogP contribution is 2.27. The Bertz CT molecular complexity index is 349. The van der Waals surface area contributed by atoms with Crippen LogP contribution in [0, 0.1) is 5.92 Å². The predicted octanol–water partition coefficient (Wildman–Crippen LogP) is 0.228. The Balaban J connectivity index is 1.86. The fourth-order valence-electron chi connectivity index (χ4n) is 2.70. The molecule has 1 atom stereocenters. The van der Waals surface area contributed by atoms with E-state index >= 15 is 0 Å². The van der Waals surface area contributed by atoms with E-state index in [9.17, 15) is 14.7 Å². The monoisotopic (exact) mass is 254 g/mol. The number of carbonyl (C=O) groups excluding carboxylic acids is 2. The minimum atomic E-state index is -0.738. The normalized spacial score (nSPS) is 25.1. The Kier molecular flexibility index (Phi) is 3.61. The van der Waals surface area contributed by atoms with Crippen LogP contribution in [0.25, 0.3) is 0 Å². The van der Waals surface area contributed by atoms with E-state index in [0.29, 0.717) is 26.1 Å². The molecule has 5 heteroatoms. The SMILES string of the molecule is CC(C)(O)C1CCN(C(=O)CN2CCCC2=O)C1. The minimum absolute atomic E-state index is 0.0111. The van der Waals surface area contributed by atoms with Crippen LogP contribution in [-0.2, 0) is 9.59 Å². The Morgan fingerprint density at radius 2 is 2.17 bits per heavy atom. The van der Waals surface area contributed by atoms with Gasteiger partial charge in [0.25, 0.3) is 0 Å². The first-order valence-electron chi connectivity index (χ1n) is 6.66. The molecule has 0 aromatic carbocycles. The van der Waals surface area contributed by atoms with Crippen LogP contribution in [0.4, 0.5) is 0 Å². The topological polar surface area (TPSA) is 60.9 Å². The summed E-state index contributed by atoms with van der Waals surface area (Å²) in [7, 11) is 0. The molecule has 0 saturated carbocycles. The third-order valence-corrected chi connectivity index (χ3v) is 4.04. The van der Waals surface area contributed by atoms with Gasteiger partial charge in [-0.25, -0.2) is 0 Å². The molecule has 1 unspecified atom stereocenters. The van der Waals surface area contributed by atoms with Crippen LogP contribution in [0.3, 0.4) is 0 Å². The van der Waals surface area contributed by atoms with E-state index in [2.05, 4.69) is 0 Å². The second-order valence-corrected chi connectivity index (χ2v) is 5.90. The van der Waals surface area contributed by atoms with E-state index in [-0.39, 0.29) is 24.3 Å². The molecule has 102 valence electrons. The van der Waals surface area contributed by atoms with Crippen molar-refractivity contribution < 1.29 is 14.7 Å². The molecule has 0 bridgehead atoms. The molecule has 5 nitrogen and oxygen atoms in total. The maximum atomic E-state index is 12.1. The molecule has 0 radical (unpaired) electrons. The summed E-state index contributed by atoms with van der Waals surface area (Å²) in [6.07, 6.45) is 2.27. The molecule has 2 heterocycles. The molecule has 2 amide bonds. The van der Waals surface area contributed by atoms with Gasteiger partial charge >= 0.3 is 0 Å². The third kappa shape index (κ3) is 2.83. The van der Waals surface area contributed by atoms with E-state index in [1.807, 2.05) is 0 Å². The van der Waals surface area contributed by atoms with Crippen molar-refractivity contribution in [3.8, 4) is 0 Å². The van der Waals surface area contributed by atoms with Crippen LogP contribution in [0.5, 0.6) is 0 Å². The van der Waals surface area contributed by atoms with E-state index in [1.165, 1.54) is 0 Å². The predicted molar refractivity (Wildman–Crippen MR) is 66.8 cm³/mol. The molecular formula is C13H22N2O3. The summed E-state index contributed by atoms with van der Waals surface area (Å²) < 4.78 is 0. The molecule has 0 spiro atoms. The van der Waals surface area contributed by atoms with Crippen molar-refractivity contribution in [3.05, 3.63) is 0 Å². The second kappa shape index (κ2) is 4.88. The standard InChI is InChI=1S/C13H22N2O3/c1-13(2,18)10-5-7-15(8-10)12(17)9-14-6-3-4-11(14)16/h10,18H,3-9H2,1-2H3. The molecule has 1 N–H and O–H groups in total. The molecule has 2 aliphatic rings. The number of carbonyl (C=O) groups is 2. The molecule has 2 saturated heterocycles. The van der Waals surface area contributed by atoms with Gasteiger partial charge in [-0.05, 0) is 26.7 Å². The van der Waals surface area contributed by atoms with Crippen LogP contribution < -0.4 is 0 Å². The van der Waals surface area contributed by atoms with Crippen molar-refractivity contribution >= 4 is 11.8 Å². The van der Waals surface area contributed by atoms with Crippen molar-refractivity contribution in [3.63, 3.8) is 0 Å². The van der Waals surface area contributed by atoms with Crippen molar-refractivity contribution in [1.29, 1.82) is 0 Å². The summed E-state index contributed by atoms with van der Waals surface area (Å²) in [5.41, 5.74) is -0.738. The number of nitrogens with zero attached hydrogens (tertiary/aromatic N) is 2.